The Morgan fingerprint density at radius 3 is 2.59 bits per heavy atom. The molecule has 0 bridgehead atoms. The van der Waals surface area contributed by atoms with E-state index in [1.54, 1.807) is 36.9 Å². The van der Waals surface area contributed by atoms with Crippen LogP contribution < -0.4 is 0 Å². The van der Waals surface area contributed by atoms with Crippen LogP contribution in [0.1, 0.15) is 66.1 Å². The van der Waals surface area contributed by atoms with E-state index in [2.05, 4.69) is 15.1 Å². The Balaban J connectivity index is 1.76. The van der Waals surface area contributed by atoms with Gasteiger partial charge in [-0.15, -0.1) is 0 Å². The van der Waals surface area contributed by atoms with Crippen molar-refractivity contribution in [3.05, 3.63) is 59.3 Å². The van der Waals surface area contributed by atoms with Gasteiger partial charge < -0.3 is 4.90 Å². The van der Waals surface area contributed by atoms with Crippen molar-refractivity contribution < 1.29 is 18.0 Å². The number of aromatic nitrogens is 4. The predicted octanol–water partition coefficient (Wildman–Crippen LogP) is 4.24. The number of nitrogens with zero attached hydrogens (tertiary/aromatic N) is 5. The number of hydrogen-bond donors (Lipinski definition) is 0. The van der Waals surface area contributed by atoms with E-state index in [1.807, 2.05) is 0 Å². The molecule has 0 spiro atoms. The Bertz CT molecular complexity index is 1050. The van der Waals surface area contributed by atoms with Gasteiger partial charge in [-0.2, -0.15) is 18.3 Å². The van der Waals surface area contributed by atoms with E-state index in [9.17, 15) is 18.0 Å². The van der Waals surface area contributed by atoms with Gasteiger partial charge in [0.25, 0.3) is 5.91 Å². The third-order valence-electron chi connectivity index (χ3n) is 5.13. The molecule has 6 nitrogen and oxygen atoms in total. The van der Waals surface area contributed by atoms with Crippen LogP contribution in [0, 0.1) is 0 Å². The fourth-order valence-corrected chi connectivity index (χ4v) is 3.65. The molecule has 1 amide bonds. The highest BCUT2D eigenvalue weighted by atomic mass is 19.4. The van der Waals surface area contributed by atoms with Crippen LogP contribution in [-0.4, -0.2) is 36.9 Å². The molecule has 4 heterocycles. The van der Waals surface area contributed by atoms with Crippen LogP contribution in [0.3, 0.4) is 0 Å². The van der Waals surface area contributed by atoms with Crippen LogP contribution in [0.2, 0.25) is 0 Å². The maximum Gasteiger partial charge on any atom is 0.433 e. The Kier molecular flexibility index (Phi) is 4.76. The molecule has 29 heavy (non-hydrogen) atoms. The largest absolute Gasteiger partial charge is 0.433 e. The number of fused-ring (bicyclic) bond motifs is 1. The highest BCUT2D eigenvalue weighted by molar-refractivity contribution is 5.94. The minimum absolute atomic E-state index is 0.140. The molecule has 0 aromatic carbocycles. The number of carbonyl (C=O) groups is 1. The predicted molar refractivity (Wildman–Crippen MR) is 99.3 cm³/mol. The third-order valence-corrected chi connectivity index (χ3v) is 5.13. The van der Waals surface area contributed by atoms with Crippen LogP contribution in [-0.2, 0) is 6.18 Å². The lowest BCUT2D eigenvalue weighted by molar-refractivity contribution is -0.142. The lowest BCUT2D eigenvalue weighted by Gasteiger charge is -2.23. The minimum Gasteiger partial charge on any atom is -0.330 e. The molecule has 3 aromatic rings. The quantitative estimate of drug-likeness (QED) is 0.656. The molecule has 0 radical (unpaired) electrons. The molecule has 0 saturated carbocycles. The molecule has 1 saturated heterocycles. The van der Waals surface area contributed by atoms with Gasteiger partial charge in [-0.05, 0) is 37.0 Å². The number of likely N-dealkylation sites (tertiary alicyclic amines) is 1. The van der Waals surface area contributed by atoms with E-state index < -0.39 is 11.9 Å². The molecule has 9 heteroatoms. The molecule has 4 rings (SSSR count). The molecule has 1 aliphatic rings. The average Bonchev–Trinajstić information content (AvgIpc) is 3.32. The summed E-state index contributed by atoms with van der Waals surface area (Å²) in [7, 11) is 0. The number of rotatable bonds is 3. The Labute approximate surface area is 165 Å². The van der Waals surface area contributed by atoms with Gasteiger partial charge in [0.05, 0.1) is 11.7 Å². The number of halogens is 3. The van der Waals surface area contributed by atoms with Gasteiger partial charge in [-0.3, -0.25) is 9.78 Å². The second kappa shape index (κ2) is 7.13. The van der Waals surface area contributed by atoms with E-state index in [-0.39, 0.29) is 23.5 Å². The first-order valence-corrected chi connectivity index (χ1v) is 9.44. The molecule has 0 unspecified atom stereocenters. The molecule has 0 aliphatic carbocycles. The standard InChI is InChI=1S/C20H20F3N5O/c1-12(2)14-10-17(20(21,22)23)28-18(25-14)11-15(26-28)16-4-3-9-27(16)19(29)13-5-7-24-8-6-13/h5-8,10-12,16H,3-4,9H2,1-2H3/t16-/m0/s1. The third kappa shape index (κ3) is 3.56. The summed E-state index contributed by atoms with van der Waals surface area (Å²) < 4.78 is 41.7. The van der Waals surface area contributed by atoms with Crippen molar-refractivity contribution in [3.8, 4) is 0 Å². The van der Waals surface area contributed by atoms with Crippen molar-refractivity contribution in [3.63, 3.8) is 0 Å². The van der Waals surface area contributed by atoms with E-state index in [4.69, 9.17) is 0 Å². The second-order valence-corrected chi connectivity index (χ2v) is 7.45. The summed E-state index contributed by atoms with van der Waals surface area (Å²) in [6.45, 7) is 4.11. The second-order valence-electron chi connectivity index (χ2n) is 7.45. The monoisotopic (exact) mass is 403 g/mol. The summed E-state index contributed by atoms with van der Waals surface area (Å²) in [6.07, 6.45) is -0.0893. The van der Waals surface area contributed by atoms with Gasteiger partial charge in [0.15, 0.2) is 5.65 Å². The van der Waals surface area contributed by atoms with Gasteiger partial charge >= 0.3 is 6.18 Å². The van der Waals surface area contributed by atoms with Crippen LogP contribution in [0.4, 0.5) is 13.2 Å². The number of pyridine rings is 1. The fourth-order valence-electron chi connectivity index (χ4n) is 3.65. The van der Waals surface area contributed by atoms with Crippen LogP contribution in [0.5, 0.6) is 0 Å². The smallest absolute Gasteiger partial charge is 0.330 e. The highest BCUT2D eigenvalue weighted by Gasteiger charge is 2.37. The molecular formula is C20H20F3N5O. The lowest BCUT2D eigenvalue weighted by Crippen LogP contribution is -2.30. The summed E-state index contributed by atoms with van der Waals surface area (Å²) in [5.41, 5.74) is 0.548. The first-order chi connectivity index (χ1) is 13.8. The number of alkyl halides is 3. The summed E-state index contributed by atoms with van der Waals surface area (Å²) in [5, 5.41) is 4.22. The zero-order chi connectivity index (χ0) is 20.8. The normalized spacial score (nSPS) is 17.4. The zero-order valence-electron chi connectivity index (χ0n) is 16.0. The minimum atomic E-state index is -4.56. The summed E-state index contributed by atoms with van der Waals surface area (Å²) >= 11 is 0. The first kappa shape index (κ1) is 19.4. The SMILES string of the molecule is CC(C)c1cc(C(F)(F)F)n2nc([C@@H]3CCCN3C(=O)c3ccncc3)cc2n1. The van der Waals surface area contributed by atoms with E-state index in [0.29, 0.717) is 29.9 Å². The van der Waals surface area contributed by atoms with E-state index >= 15 is 0 Å². The first-order valence-electron chi connectivity index (χ1n) is 9.44. The number of hydrogen-bond acceptors (Lipinski definition) is 4. The van der Waals surface area contributed by atoms with E-state index in [1.165, 1.54) is 12.4 Å². The number of amides is 1. The van der Waals surface area contributed by atoms with Gasteiger partial charge in [0.2, 0.25) is 0 Å². The van der Waals surface area contributed by atoms with Crippen LogP contribution >= 0.6 is 0 Å². The molecule has 1 fully saturated rings. The summed E-state index contributed by atoms with van der Waals surface area (Å²) in [6, 6.07) is 5.47. The van der Waals surface area contributed by atoms with Crippen molar-refractivity contribution in [2.75, 3.05) is 6.54 Å². The Morgan fingerprint density at radius 1 is 1.21 bits per heavy atom. The molecule has 3 aromatic heterocycles. The van der Waals surface area contributed by atoms with Gasteiger partial charge in [0, 0.05) is 36.3 Å². The van der Waals surface area contributed by atoms with E-state index in [0.717, 1.165) is 17.0 Å². The van der Waals surface area contributed by atoms with Crippen molar-refractivity contribution in [2.24, 2.45) is 0 Å². The Morgan fingerprint density at radius 2 is 1.93 bits per heavy atom. The molecule has 1 atom stereocenters. The topological polar surface area (TPSA) is 63.4 Å². The van der Waals surface area contributed by atoms with Gasteiger partial charge in [0.1, 0.15) is 5.69 Å². The van der Waals surface area contributed by atoms with Crippen molar-refractivity contribution >= 4 is 11.6 Å². The fraction of sp³-hybridized carbons (Fsp3) is 0.400. The van der Waals surface area contributed by atoms with Crippen molar-refractivity contribution in [2.45, 2.75) is 44.8 Å². The van der Waals surface area contributed by atoms with Crippen molar-refractivity contribution in [1.29, 1.82) is 0 Å². The van der Waals surface area contributed by atoms with Crippen LogP contribution in [0.25, 0.3) is 5.65 Å². The Hall–Kier alpha value is -2.97. The van der Waals surface area contributed by atoms with Gasteiger partial charge in [-0.1, -0.05) is 13.8 Å². The zero-order valence-corrected chi connectivity index (χ0v) is 16.0. The van der Waals surface area contributed by atoms with Crippen molar-refractivity contribution in [1.82, 2.24) is 24.5 Å². The van der Waals surface area contributed by atoms with Gasteiger partial charge in [-0.25, -0.2) is 9.50 Å². The molecule has 0 N–H and O–H groups in total. The molecule has 1 aliphatic heterocycles. The summed E-state index contributed by atoms with van der Waals surface area (Å²) in [5.74, 6) is -0.338. The summed E-state index contributed by atoms with van der Waals surface area (Å²) in [4.78, 5) is 22.8. The average molecular weight is 403 g/mol. The maximum absolute atomic E-state index is 13.6. The van der Waals surface area contributed by atoms with Crippen LogP contribution in [0.15, 0.2) is 36.7 Å². The maximum atomic E-state index is 13.6. The lowest BCUT2D eigenvalue weighted by atomic mass is 10.1. The molecular weight excluding hydrogens is 383 g/mol. The highest BCUT2D eigenvalue weighted by Crippen LogP contribution is 2.35. The number of carbonyl (C=O) groups excluding carboxylic acids is 1. The molecule has 152 valence electrons.